The van der Waals surface area contributed by atoms with Gasteiger partial charge in [0, 0.05) is 25.7 Å². The molecule has 0 aliphatic carbocycles. The van der Waals surface area contributed by atoms with Gasteiger partial charge < -0.3 is 24.0 Å². The molecule has 2 amide bonds. The molecule has 2 heterocycles. The van der Waals surface area contributed by atoms with Crippen LogP contribution in [0.25, 0.3) is 0 Å². The minimum atomic E-state index is -0.548. The summed E-state index contributed by atoms with van der Waals surface area (Å²) in [6.45, 7) is 11.3. The number of nitrogens with zero attached hydrogens (tertiary/aromatic N) is 2. The van der Waals surface area contributed by atoms with Crippen LogP contribution in [0.2, 0.25) is 0 Å². The number of hydrogen-bond acceptors (Lipinski definition) is 5. The molecule has 154 valence electrons. The molecule has 1 aromatic rings. The number of carbonyl (C=O) groups excluding carboxylic acids is 2. The van der Waals surface area contributed by atoms with Gasteiger partial charge in [0.2, 0.25) is 12.7 Å². The van der Waals surface area contributed by atoms with Crippen LogP contribution in [0, 0.1) is 5.92 Å². The Kier molecular flexibility index (Phi) is 5.72. The van der Waals surface area contributed by atoms with Crippen LogP contribution in [0.4, 0.5) is 4.79 Å². The van der Waals surface area contributed by atoms with Crippen molar-refractivity contribution in [1.82, 2.24) is 9.80 Å². The Morgan fingerprint density at radius 3 is 2.64 bits per heavy atom. The van der Waals surface area contributed by atoms with Crippen molar-refractivity contribution >= 4 is 12.0 Å². The van der Waals surface area contributed by atoms with Gasteiger partial charge in [0.25, 0.3) is 0 Å². The summed E-state index contributed by atoms with van der Waals surface area (Å²) < 4.78 is 16.3. The second-order valence-electron chi connectivity index (χ2n) is 8.35. The Labute approximate surface area is 166 Å². The molecule has 2 aliphatic rings. The van der Waals surface area contributed by atoms with Crippen LogP contribution in [-0.2, 0) is 16.1 Å². The van der Waals surface area contributed by atoms with E-state index in [0.29, 0.717) is 31.8 Å². The van der Waals surface area contributed by atoms with Crippen molar-refractivity contribution in [2.24, 2.45) is 5.92 Å². The first kappa shape index (κ1) is 20.3. The normalized spacial score (nSPS) is 21.0. The standard InChI is InChI=1S/C21H30N2O5/c1-6-22(12-15-7-8-17-18(11-15)27-13-26-17)19(24)16-9-10-23(14(16)2)20(25)28-21(3,4)5/h7-8,11,14,16H,6,9-10,12-13H2,1-5H3/t14-,16-/m1/s1. The summed E-state index contributed by atoms with van der Waals surface area (Å²) in [6, 6.07) is 5.56. The van der Waals surface area contributed by atoms with Gasteiger partial charge in [0.15, 0.2) is 11.5 Å². The number of likely N-dealkylation sites (tertiary alicyclic amines) is 1. The molecule has 7 heteroatoms. The lowest BCUT2D eigenvalue weighted by Crippen LogP contribution is -2.44. The van der Waals surface area contributed by atoms with Gasteiger partial charge >= 0.3 is 6.09 Å². The smallest absolute Gasteiger partial charge is 0.410 e. The Morgan fingerprint density at radius 2 is 1.96 bits per heavy atom. The van der Waals surface area contributed by atoms with E-state index in [-0.39, 0.29) is 30.8 Å². The van der Waals surface area contributed by atoms with E-state index in [2.05, 4.69) is 0 Å². The van der Waals surface area contributed by atoms with Crippen LogP contribution >= 0.6 is 0 Å². The Hall–Kier alpha value is -2.44. The highest BCUT2D eigenvalue weighted by Crippen LogP contribution is 2.33. The molecule has 0 spiro atoms. The minimum Gasteiger partial charge on any atom is -0.454 e. The van der Waals surface area contributed by atoms with E-state index in [0.717, 1.165) is 11.3 Å². The van der Waals surface area contributed by atoms with Gasteiger partial charge in [0.05, 0.1) is 5.92 Å². The fourth-order valence-corrected chi connectivity index (χ4v) is 3.69. The summed E-state index contributed by atoms with van der Waals surface area (Å²) in [5.74, 6) is 1.29. The molecule has 2 atom stereocenters. The van der Waals surface area contributed by atoms with E-state index in [1.54, 1.807) is 4.90 Å². The Bertz CT molecular complexity index is 743. The molecule has 0 N–H and O–H groups in total. The molecule has 3 rings (SSSR count). The van der Waals surface area contributed by atoms with E-state index in [9.17, 15) is 9.59 Å². The van der Waals surface area contributed by atoms with Crippen LogP contribution in [0.5, 0.6) is 11.5 Å². The molecule has 0 radical (unpaired) electrons. The third-order valence-electron chi connectivity index (χ3n) is 5.20. The van der Waals surface area contributed by atoms with Crippen LogP contribution in [0.1, 0.15) is 46.6 Å². The molecule has 0 aromatic heterocycles. The molecule has 2 aliphatic heterocycles. The number of ether oxygens (including phenoxy) is 3. The molecular weight excluding hydrogens is 360 g/mol. The topological polar surface area (TPSA) is 68.3 Å². The van der Waals surface area contributed by atoms with Gasteiger partial charge in [-0.05, 0) is 58.7 Å². The van der Waals surface area contributed by atoms with Gasteiger partial charge in [-0.3, -0.25) is 4.79 Å². The molecule has 0 unspecified atom stereocenters. The zero-order valence-corrected chi connectivity index (χ0v) is 17.4. The summed E-state index contributed by atoms with van der Waals surface area (Å²) in [6.07, 6.45) is 0.297. The lowest BCUT2D eigenvalue weighted by molar-refractivity contribution is -0.136. The molecular formula is C21H30N2O5. The Balaban J connectivity index is 1.65. The highest BCUT2D eigenvalue weighted by atomic mass is 16.7. The molecule has 0 bridgehead atoms. The molecule has 7 nitrogen and oxygen atoms in total. The summed E-state index contributed by atoms with van der Waals surface area (Å²) in [4.78, 5) is 29.1. The lowest BCUT2D eigenvalue weighted by Gasteiger charge is -2.30. The van der Waals surface area contributed by atoms with Gasteiger partial charge in [-0.2, -0.15) is 0 Å². The van der Waals surface area contributed by atoms with Gasteiger partial charge in [-0.1, -0.05) is 6.07 Å². The van der Waals surface area contributed by atoms with E-state index >= 15 is 0 Å². The number of hydrogen-bond donors (Lipinski definition) is 0. The molecule has 28 heavy (non-hydrogen) atoms. The molecule has 0 saturated carbocycles. The molecule has 1 aromatic carbocycles. The number of benzene rings is 1. The maximum atomic E-state index is 13.2. The average molecular weight is 390 g/mol. The van der Waals surface area contributed by atoms with Crippen molar-refractivity contribution in [3.8, 4) is 11.5 Å². The van der Waals surface area contributed by atoms with Crippen molar-refractivity contribution in [2.45, 2.75) is 59.2 Å². The fourth-order valence-electron chi connectivity index (χ4n) is 3.69. The third kappa shape index (κ3) is 4.34. The van der Waals surface area contributed by atoms with E-state index < -0.39 is 5.60 Å². The Morgan fingerprint density at radius 1 is 1.25 bits per heavy atom. The van der Waals surface area contributed by atoms with Crippen LogP contribution in [-0.4, -0.2) is 53.3 Å². The number of fused-ring (bicyclic) bond motifs is 1. The first-order valence-electron chi connectivity index (χ1n) is 9.86. The van der Waals surface area contributed by atoms with Gasteiger partial charge in [0.1, 0.15) is 5.60 Å². The van der Waals surface area contributed by atoms with E-state index in [4.69, 9.17) is 14.2 Å². The number of rotatable bonds is 4. The second kappa shape index (κ2) is 7.89. The average Bonchev–Trinajstić information content (AvgIpc) is 3.23. The SMILES string of the molecule is CCN(Cc1ccc2c(c1)OCO2)C(=O)[C@@H]1CCN(C(=O)OC(C)(C)C)[C@@H]1C. The summed E-state index contributed by atoms with van der Waals surface area (Å²) >= 11 is 0. The summed E-state index contributed by atoms with van der Waals surface area (Å²) in [5, 5.41) is 0. The maximum absolute atomic E-state index is 13.2. The number of carbonyl (C=O) groups is 2. The van der Waals surface area contributed by atoms with Gasteiger partial charge in [-0.15, -0.1) is 0 Å². The number of amides is 2. The van der Waals surface area contributed by atoms with Crippen molar-refractivity contribution in [1.29, 1.82) is 0 Å². The van der Waals surface area contributed by atoms with Crippen LogP contribution in [0.3, 0.4) is 0 Å². The second-order valence-corrected chi connectivity index (χ2v) is 8.35. The molecule has 1 fully saturated rings. The van der Waals surface area contributed by atoms with Crippen molar-refractivity contribution in [3.05, 3.63) is 23.8 Å². The molecule has 1 saturated heterocycles. The highest BCUT2D eigenvalue weighted by molar-refractivity contribution is 5.81. The van der Waals surface area contributed by atoms with Crippen molar-refractivity contribution in [3.63, 3.8) is 0 Å². The zero-order valence-electron chi connectivity index (χ0n) is 17.4. The van der Waals surface area contributed by atoms with Crippen molar-refractivity contribution in [2.75, 3.05) is 19.9 Å². The van der Waals surface area contributed by atoms with E-state index in [1.807, 2.05) is 57.7 Å². The monoisotopic (exact) mass is 390 g/mol. The summed E-state index contributed by atoms with van der Waals surface area (Å²) in [7, 11) is 0. The fraction of sp³-hybridized carbons (Fsp3) is 0.619. The van der Waals surface area contributed by atoms with Crippen LogP contribution < -0.4 is 9.47 Å². The third-order valence-corrected chi connectivity index (χ3v) is 5.20. The lowest BCUT2D eigenvalue weighted by atomic mass is 9.99. The predicted molar refractivity (Wildman–Crippen MR) is 104 cm³/mol. The zero-order chi connectivity index (χ0) is 20.5. The quantitative estimate of drug-likeness (QED) is 0.788. The van der Waals surface area contributed by atoms with Gasteiger partial charge in [-0.25, -0.2) is 4.79 Å². The highest BCUT2D eigenvalue weighted by Gasteiger charge is 2.41. The summed E-state index contributed by atoms with van der Waals surface area (Å²) in [5.41, 5.74) is 0.447. The maximum Gasteiger partial charge on any atom is 0.410 e. The van der Waals surface area contributed by atoms with E-state index in [1.165, 1.54) is 0 Å². The predicted octanol–water partition coefficient (Wildman–Crippen LogP) is 3.41. The van der Waals surface area contributed by atoms with Crippen LogP contribution in [0.15, 0.2) is 18.2 Å². The largest absolute Gasteiger partial charge is 0.454 e. The minimum absolute atomic E-state index is 0.0683. The first-order chi connectivity index (χ1) is 13.2. The first-order valence-corrected chi connectivity index (χ1v) is 9.86. The van der Waals surface area contributed by atoms with Crippen molar-refractivity contribution < 1.29 is 23.8 Å².